The van der Waals surface area contributed by atoms with Gasteiger partial charge in [-0.25, -0.2) is 10.8 Å². The van der Waals surface area contributed by atoms with E-state index >= 15 is 0 Å². The van der Waals surface area contributed by atoms with Crippen LogP contribution < -0.4 is 11.3 Å². The highest BCUT2D eigenvalue weighted by atomic mass is 79.9. The summed E-state index contributed by atoms with van der Waals surface area (Å²) in [5.41, 5.74) is 4.15. The number of fused-ring (bicyclic) bond motifs is 1. The second-order valence-corrected chi connectivity index (χ2v) is 5.25. The first-order valence-corrected chi connectivity index (χ1v) is 6.55. The number of nitrogens with one attached hydrogen (secondary N) is 1. The summed E-state index contributed by atoms with van der Waals surface area (Å²) >= 11 is 4.87. The molecule has 3 aromatic rings. The van der Waals surface area contributed by atoms with E-state index in [1.807, 2.05) is 29.6 Å². The number of hydrogen-bond acceptors (Lipinski definition) is 5. The van der Waals surface area contributed by atoms with Crippen LogP contribution in [0.5, 0.6) is 0 Å². The molecule has 0 aliphatic heterocycles. The highest BCUT2D eigenvalue weighted by Crippen LogP contribution is 2.31. The summed E-state index contributed by atoms with van der Waals surface area (Å²) in [7, 11) is 0. The van der Waals surface area contributed by atoms with Gasteiger partial charge in [0.1, 0.15) is 11.3 Å². The Morgan fingerprint density at radius 2 is 2.24 bits per heavy atom. The van der Waals surface area contributed by atoms with Crippen molar-refractivity contribution in [3.63, 3.8) is 0 Å². The molecule has 0 spiro atoms. The number of rotatable bonds is 2. The van der Waals surface area contributed by atoms with Gasteiger partial charge in [-0.2, -0.15) is 0 Å². The second-order valence-electron chi connectivity index (χ2n) is 3.48. The highest BCUT2D eigenvalue weighted by Gasteiger charge is 2.09. The molecule has 2 aromatic heterocycles. The van der Waals surface area contributed by atoms with Gasteiger partial charge < -0.3 is 4.42 Å². The fraction of sp³-hybridized carbons (Fsp3) is 0. The minimum atomic E-state index is 0.668. The molecule has 0 atom stereocenters. The molecule has 0 unspecified atom stereocenters. The number of aromatic nitrogens is 1. The normalized spacial score (nSPS) is 10.9. The molecule has 3 N–H and O–H groups in total. The SMILES string of the molecule is NNc1nc(-c2cc3cc(Br)ccc3o2)cs1. The molecule has 1 aromatic carbocycles. The van der Waals surface area contributed by atoms with E-state index in [1.54, 1.807) is 0 Å². The van der Waals surface area contributed by atoms with Crippen molar-refractivity contribution < 1.29 is 4.42 Å². The van der Waals surface area contributed by atoms with E-state index in [9.17, 15) is 0 Å². The lowest BCUT2D eigenvalue weighted by Crippen LogP contribution is -2.05. The van der Waals surface area contributed by atoms with Gasteiger partial charge in [0.05, 0.1) is 0 Å². The number of thiazole rings is 1. The van der Waals surface area contributed by atoms with Crippen molar-refractivity contribution in [3.05, 3.63) is 34.1 Å². The minimum Gasteiger partial charge on any atom is -0.454 e. The third kappa shape index (κ3) is 1.95. The summed E-state index contributed by atoms with van der Waals surface area (Å²) in [5, 5.41) is 3.62. The summed E-state index contributed by atoms with van der Waals surface area (Å²) in [6, 6.07) is 7.85. The van der Waals surface area contributed by atoms with Crippen molar-refractivity contribution in [2.24, 2.45) is 5.84 Å². The summed E-state index contributed by atoms with van der Waals surface area (Å²) in [5.74, 6) is 6.04. The van der Waals surface area contributed by atoms with Gasteiger partial charge in [0.15, 0.2) is 10.9 Å². The van der Waals surface area contributed by atoms with Gasteiger partial charge in [-0.15, -0.1) is 11.3 Å². The fourth-order valence-electron chi connectivity index (χ4n) is 1.59. The standard InChI is InChI=1S/C11H8BrN3OS/c12-7-1-2-9-6(3-7)4-10(16-9)8-5-17-11(14-8)15-13/h1-5H,13H2,(H,14,15). The van der Waals surface area contributed by atoms with Gasteiger partial charge in [0, 0.05) is 15.2 Å². The smallest absolute Gasteiger partial charge is 0.197 e. The number of halogens is 1. The average Bonchev–Trinajstić information content (AvgIpc) is 2.93. The number of hydrogen-bond donors (Lipinski definition) is 2. The van der Waals surface area contributed by atoms with E-state index in [1.165, 1.54) is 11.3 Å². The molecule has 6 heteroatoms. The molecule has 2 heterocycles. The number of nitrogens with zero attached hydrogens (tertiary/aromatic N) is 1. The fourth-order valence-corrected chi connectivity index (χ4v) is 2.58. The summed E-state index contributed by atoms with van der Waals surface area (Å²) in [6.45, 7) is 0. The van der Waals surface area contributed by atoms with Gasteiger partial charge in [0.2, 0.25) is 0 Å². The maximum atomic E-state index is 5.72. The molecule has 0 aliphatic carbocycles. The average molecular weight is 310 g/mol. The third-order valence-corrected chi connectivity index (χ3v) is 3.63. The Labute approximate surface area is 110 Å². The molecule has 0 radical (unpaired) electrons. The lowest BCUT2D eigenvalue weighted by Gasteiger charge is -1.89. The van der Waals surface area contributed by atoms with Gasteiger partial charge >= 0.3 is 0 Å². The monoisotopic (exact) mass is 309 g/mol. The molecular formula is C11H8BrN3OS. The molecule has 0 amide bonds. The Morgan fingerprint density at radius 1 is 1.35 bits per heavy atom. The van der Waals surface area contributed by atoms with Crippen LogP contribution in [0, 0.1) is 0 Å². The number of benzene rings is 1. The van der Waals surface area contributed by atoms with Crippen molar-refractivity contribution in [1.82, 2.24) is 4.98 Å². The maximum absolute atomic E-state index is 5.72. The van der Waals surface area contributed by atoms with Crippen LogP contribution in [0.25, 0.3) is 22.4 Å². The number of nitrogen functional groups attached to an aromatic ring is 1. The first-order chi connectivity index (χ1) is 8.26. The molecule has 0 saturated carbocycles. The van der Waals surface area contributed by atoms with E-state index in [4.69, 9.17) is 10.3 Å². The summed E-state index contributed by atoms with van der Waals surface area (Å²) < 4.78 is 6.75. The lowest BCUT2D eigenvalue weighted by molar-refractivity contribution is 0.629. The molecule has 0 aliphatic rings. The van der Waals surface area contributed by atoms with Gasteiger partial charge in [-0.3, -0.25) is 5.43 Å². The van der Waals surface area contributed by atoms with Crippen LogP contribution in [0.15, 0.2) is 38.5 Å². The zero-order valence-electron chi connectivity index (χ0n) is 8.61. The van der Waals surface area contributed by atoms with Crippen LogP contribution >= 0.6 is 27.3 Å². The van der Waals surface area contributed by atoms with Crippen molar-refractivity contribution >= 4 is 43.4 Å². The van der Waals surface area contributed by atoms with Gasteiger partial charge in [0.25, 0.3) is 0 Å². The number of hydrazine groups is 1. The molecule has 17 heavy (non-hydrogen) atoms. The van der Waals surface area contributed by atoms with E-state index in [0.29, 0.717) is 5.13 Å². The number of nitrogens with two attached hydrogens (primary N) is 1. The third-order valence-electron chi connectivity index (χ3n) is 2.36. The van der Waals surface area contributed by atoms with Crippen LogP contribution in [-0.4, -0.2) is 4.98 Å². The lowest BCUT2D eigenvalue weighted by atomic mass is 10.2. The second kappa shape index (κ2) is 4.14. The van der Waals surface area contributed by atoms with E-state index in [-0.39, 0.29) is 0 Å². The highest BCUT2D eigenvalue weighted by molar-refractivity contribution is 9.10. The van der Waals surface area contributed by atoms with Crippen LogP contribution in [0.4, 0.5) is 5.13 Å². The van der Waals surface area contributed by atoms with Crippen molar-refractivity contribution in [2.45, 2.75) is 0 Å². The molecule has 3 rings (SSSR count). The Kier molecular flexibility index (Phi) is 2.62. The Morgan fingerprint density at radius 3 is 3.00 bits per heavy atom. The van der Waals surface area contributed by atoms with Crippen LogP contribution in [0.1, 0.15) is 0 Å². The van der Waals surface area contributed by atoms with E-state index in [2.05, 4.69) is 26.3 Å². The van der Waals surface area contributed by atoms with Crippen LogP contribution in [0.3, 0.4) is 0 Å². The molecule has 0 bridgehead atoms. The maximum Gasteiger partial charge on any atom is 0.197 e. The van der Waals surface area contributed by atoms with E-state index in [0.717, 1.165) is 26.9 Å². The van der Waals surface area contributed by atoms with Crippen LogP contribution in [0.2, 0.25) is 0 Å². The molecule has 86 valence electrons. The number of anilines is 1. The largest absolute Gasteiger partial charge is 0.454 e. The summed E-state index contributed by atoms with van der Waals surface area (Å²) in [6.07, 6.45) is 0. The molecule has 0 saturated heterocycles. The first kappa shape index (κ1) is 10.8. The topological polar surface area (TPSA) is 64.1 Å². The first-order valence-electron chi connectivity index (χ1n) is 4.88. The van der Waals surface area contributed by atoms with E-state index < -0.39 is 0 Å². The molecule has 0 fully saturated rings. The molecule has 4 nitrogen and oxygen atoms in total. The predicted molar refractivity (Wildman–Crippen MR) is 72.8 cm³/mol. The Hall–Kier alpha value is -1.37. The predicted octanol–water partition coefficient (Wildman–Crippen LogP) is 3.60. The van der Waals surface area contributed by atoms with Gasteiger partial charge in [-0.05, 0) is 24.3 Å². The zero-order chi connectivity index (χ0) is 11.8. The van der Waals surface area contributed by atoms with Gasteiger partial charge in [-0.1, -0.05) is 15.9 Å². The minimum absolute atomic E-state index is 0.668. The summed E-state index contributed by atoms with van der Waals surface area (Å²) in [4.78, 5) is 4.29. The van der Waals surface area contributed by atoms with Crippen molar-refractivity contribution in [3.8, 4) is 11.5 Å². The quantitative estimate of drug-likeness (QED) is 0.561. The van der Waals surface area contributed by atoms with Crippen molar-refractivity contribution in [2.75, 3.05) is 5.43 Å². The van der Waals surface area contributed by atoms with Crippen LogP contribution in [-0.2, 0) is 0 Å². The van der Waals surface area contributed by atoms with Crippen molar-refractivity contribution in [1.29, 1.82) is 0 Å². The molecular weight excluding hydrogens is 302 g/mol. The Balaban J connectivity index is 2.11. The Bertz CT molecular complexity index is 676. The number of furan rings is 1. The zero-order valence-corrected chi connectivity index (χ0v) is 11.0.